The number of nitrogens with zero attached hydrogens (tertiary/aromatic N) is 1. The number of anilines is 1. The van der Waals surface area contributed by atoms with E-state index in [1.807, 2.05) is 0 Å². The molecule has 1 amide bonds. The third-order valence-electron chi connectivity index (χ3n) is 5.59. The van der Waals surface area contributed by atoms with Crippen LogP contribution in [0.5, 0.6) is 5.75 Å². The number of furan rings is 1. The summed E-state index contributed by atoms with van der Waals surface area (Å²) in [6, 6.07) is 19.4. The van der Waals surface area contributed by atoms with E-state index in [2.05, 4.69) is 16.7 Å². The van der Waals surface area contributed by atoms with E-state index in [9.17, 15) is 14.9 Å². The summed E-state index contributed by atoms with van der Waals surface area (Å²) in [6.07, 6.45) is 1.49. The Balaban J connectivity index is 1.64. The van der Waals surface area contributed by atoms with Gasteiger partial charge in [0, 0.05) is 16.3 Å². The van der Waals surface area contributed by atoms with E-state index in [1.54, 1.807) is 67.6 Å². The molecule has 0 radical (unpaired) electrons. The molecule has 7 nitrogen and oxygen atoms in total. The Morgan fingerprint density at radius 2 is 1.92 bits per heavy atom. The predicted molar refractivity (Wildman–Crippen MR) is 140 cm³/mol. The second-order valence-corrected chi connectivity index (χ2v) is 9.26. The zero-order chi connectivity index (χ0) is 25.7. The van der Waals surface area contributed by atoms with Crippen molar-refractivity contribution in [2.45, 2.75) is 12.8 Å². The van der Waals surface area contributed by atoms with Gasteiger partial charge in [0.2, 0.25) is 0 Å². The molecule has 2 heterocycles. The summed E-state index contributed by atoms with van der Waals surface area (Å²) < 4.78 is 11.0. The number of methoxy groups -OCH3 is 1. The molecule has 0 saturated heterocycles. The molecule has 2 aromatic carbocycles. The van der Waals surface area contributed by atoms with Crippen LogP contribution in [0, 0.1) is 11.3 Å². The van der Waals surface area contributed by atoms with Crippen molar-refractivity contribution in [3.8, 4) is 11.8 Å². The number of carbonyl (C=O) groups excluding carboxylic acids is 2. The first kappa shape index (κ1) is 25.2. The van der Waals surface area contributed by atoms with Crippen LogP contribution in [0.15, 0.2) is 93.2 Å². The average molecular weight is 520 g/mol. The molecule has 1 aromatic heterocycles. The standard InChI is InChI=1S/C27H22ClN3O4S/c1-16-24(26(33)31-20-6-3-4-7-22(20)34-2)25(23-8-5-13-35-23)19(14-29)27(30-16)36-15-21(32)17-9-11-18(28)12-10-17/h3-13,25,30H,15H2,1-2H3,(H,31,33). The number of ether oxygens (including phenoxy) is 1. The molecular formula is C27H22ClN3O4S. The van der Waals surface area contributed by atoms with Gasteiger partial charge in [-0.1, -0.05) is 35.5 Å². The summed E-state index contributed by atoms with van der Waals surface area (Å²) in [5.74, 6) is -0.223. The van der Waals surface area contributed by atoms with Crippen molar-refractivity contribution in [3.63, 3.8) is 0 Å². The van der Waals surface area contributed by atoms with Crippen molar-refractivity contribution in [3.05, 3.63) is 105 Å². The van der Waals surface area contributed by atoms with Crippen molar-refractivity contribution < 1.29 is 18.7 Å². The van der Waals surface area contributed by atoms with Crippen molar-refractivity contribution in [2.24, 2.45) is 0 Å². The molecule has 3 aromatic rings. The molecular weight excluding hydrogens is 498 g/mol. The van der Waals surface area contributed by atoms with Crippen molar-refractivity contribution in [1.82, 2.24) is 5.32 Å². The van der Waals surface area contributed by atoms with E-state index in [0.717, 1.165) is 0 Å². The molecule has 0 spiro atoms. The number of carbonyl (C=O) groups is 2. The fourth-order valence-corrected chi connectivity index (χ4v) is 4.97. The number of thioether (sulfide) groups is 1. The van der Waals surface area contributed by atoms with Crippen molar-refractivity contribution in [1.29, 1.82) is 5.26 Å². The number of benzene rings is 2. The number of dihydropyridines is 1. The van der Waals surface area contributed by atoms with Crippen LogP contribution in [-0.2, 0) is 4.79 Å². The van der Waals surface area contributed by atoms with E-state index in [-0.39, 0.29) is 17.1 Å². The fraction of sp³-hybridized carbons (Fsp3) is 0.148. The molecule has 182 valence electrons. The van der Waals surface area contributed by atoms with Gasteiger partial charge in [0.15, 0.2) is 5.78 Å². The summed E-state index contributed by atoms with van der Waals surface area (Å²) in [5.41, 5.74) is 2.19. The van der Waals surface area contributed by atoms with Gasteiger partial charge >= 0.3 is 0 Å². The maximum Gasteiger partial charge on any atom is 0.254 e. The molecule has 1 unspecified atom stereocenters. The van der Waals surface area contributed by atoms with Crippen LogP contribution >= 0.6 is 23.4 Å². The zero-order valence-corrected chi connectivity index (χ0v) is 21.1. The van der Waals surface area contributed by atoms with Gasteiger partial charge < -0.3 is 19.8 Å². The summed E-state index contributed by atoms with van der Waals surface area (Å²) in [4.78, 5) is 26.2. The van der Waals surface area contributed by atoms with Gasteiger partial charge in [-0.25, -0.2) is 0 Å². The minimum Gasteiger partial charge on any atom is -0.495 e. The Morgan fingerprint density at radius 1 is 1.17 bits per heavy atom. The van der Waals surface area contributed by atoms with E-state index in [0.29, 0.717) is 44.1 Å². The topological polar surface area (TPSA) is 104 Å². The molecule has 9 heteroatoms. The normalized spacial score (nSPS) is 15.2. The number of ketones is 1. The highest BCUT2D eigenvalue weighted by Gasteiger charge is 2.36. The van der Waals surface area contributed by atoms with Crippen LogP contribution in [0.3, 0.4) is 0 Å². The fourth-order valence-electron chi connectivity index (χ4n) is 3.86. The summed E-state index contributed by atoms with van der Waals surface area (Å²) >= 11 is 7.12. The summed E-state index contributed by atoms with van der Waals surface area (Å²) in [7, 11) is 1.52. The molecule has 0 aliphatic carbocycles. The lowest BCUT2D eigenvalue weighted by atomic mass is 9.85. The minimum absolute atomic E-state index is 0.0933. The largest absolute Gasteiger partial charge is 0.495 e. The molecule has 4 rings (SSSR count). The van der Waals surface area contributed by atoms with E-state index in [4.69, 9.17) is 20.8 Å². The smallest absolute Gasteiger partial charge is 0.254 e. The number of nitrogens with one attached hydrogen (secondary N) is 2. The molecule has 0 saturated carbocycles. The molecule has 1 atom stereocenters. The van der Waals surface area contributed by atoms with Gasteiger partial charge in [-0.3, -0.25) is 9.59 Å². The number of nitriles is 1. The number of amides is 1. The molecule has 0 fully saturated rings. The second kappa shape index (κ2) is 11.2. The number of allylic oxidation sites excluding steroid dienone is 2. The van der Waals surface area contributed by atoms with Crippen LogP contribution in [0.4, 0.5) is 5.69 Å². The number of halogens is 1. The van der Waals surface area contributed by atoms with Gasteiger partial charge in [-0.15, -0.1) is 0 Å². The first-order valence-corrected chi connectivity index (χ1v) is 12.3. The van der Waals surface area contributed by atoms with Crippen LogP contribution in [-0.4, -0.2) is 24.6 Å². The van der Waals surface area contributed by atoms with Crippen LogP contribution < -0.4 is 15.4 Å². The Bertz CT molecular complexity index is 1390. The van der Waals surface area contributed by atoms with Crippen molar-refractivity contribution in [2.75, 3.05) is 18.2 Å². The number of hydrogen-bond donors (Lipinski definition) is 2. The molecule has 2 N–H and O–H groups in total. The monoisotopic (exact) mass is 519 g/mol. The highest BCUT2D eigenvalue weighted by Crippen LogP contribution is 2.41. The number of Topliss-reactive ketones (excluding diaryl/α,β-unsaturated/α-hetero) is 1. The Labute approximate surface area is 217 Å². The Hall–Kier alpha value is -3.93. The third kappa shape index (κ3) is 5.33. The highest BCUT2D eigenvalue weighted by atomic mass is 35.5. The minimum atomic E-state index is -0.755. The van der Waals surface area contributed by atoms with E-state index in [1.165, 1.54) is 25.1 Å². The maximum atomic E-state index is 13.5. The van der Waals surface area contributed by atoms with Crippen molar-refractivity contribution >= 4 is 40.7 Å². The predicted octanol–water partition coefficient (Wildman–Crippen LogP) is 5.89. The first-order valence-electron chi connectivity index (χ1n) is 10.9. The highest BCUT2D eigenvalue weighted by molar-refractivity contribution is 8.03. The average Bonchev–Trinajstić information content (AvgIpc) is 3.42. The number of rotatable bonds is 8. The van der Waals surface area contributed by atoms with E-state index >= 15 is 0 Å². The van der Waals surface area contributed by atoms with Gasteiger partial charge in [0.25, 0.3) is 5.91 Å². The van der Waals surface area contributed by atoms with Crippen LogP contribution in [0.2, 0.25) is 5.02 Å². The molecule has 1 aliphatic heterocycles. The molecule has 0 bridgehead atoms. The lowest BCUT2D eigenvalue weighted by Crippen LogP contribution is -2.30. The van der Waals surface area contributed by atoms with Gasteiger partial charge in [-0.2, -0.15) is 5.26 Å². The summed E-state index contributed by atoms with van der Waals surface area (Å²) in [6.45, 7) is 1.75. The third-order valence-corrected chi connectivity index (χ3v) is 6.86. The first-order chi connectivity index (χ1) is 17.4. The number of para-hydroxylation sites is 2. The van der Waals surface area contributed by atoms with E-state index < -0.39 is 11.8 Å². The lowest BCUT2D eigenvalue weighted by Gasteiger charge is -2.28. The molecule has 36 heavy (non-hydrogen) atoms. The summed E-state index contributed by atoms with van der Waals surface area (Å²) in [5, 5.41) is 17.2. The second-order valence-electron chi connectivity index (χ2n) is 7.84. The number of hydrogen-bond acceptors (Lipinski definition) is 7. The maximum absolute atomic E-state index is 13.5. The lowest BCUT2D eigenvalue weighted by molar-refractivity contribution is -0.113. The SMILES string of the molecule is COc1ccccc1NC(=O)C1=C(C)NC(SCC(=O)c2ccc(Cl)cc2)=C(C#N)C1c1ccco1. The Kier molecular flexibility index (Phi) is 7.84. The Morgan fingerprint density at radius 3 is 2.58 bits per heavy atom. The molecule has 1 aliphatic rings. The quantitative estimate of drug-likeness (QED) is 0.357. The van der Waals surface area contributed by atoms with Crippen LogP contribution in [0.25, 0.3) is 0 Å². The van der Waals surface area contributed by atoms with Gasteiger partial charge in [-0.05, 0) is 55.5 Å². The van der Waals surface area contributed by atoms with Gasteiger partial charge in [0.05, 0.1) is 53.0 Å². The van der Waals surface area contributed by atoms with Crippen LogP contribution in [0.1, 0.15) is 29.0 Å². The zero-order valence-electron chi connectivity index (χ0n) is 19.5. The van der Waals surface area contributed by atoms with Gasteiger partial charge in [0.1, 0.15) is 11.5 Å².